The summed E-state index contributed by atoms with van der Waals surface area (Å²) in [6, 6.07) is 0. The highest BCUT2D eigenvalue weighted by Crippen LogP contribution is 1.88. The fourth-order valence-electron chi connectivity index (χ4n) is 0.593. The third kappa shape index (κ3) is 0.995. The molecule has 0 saturated carbocycles. The van der Waals surface area contributed by atoms with Crippen LogP contribution in [0.2, 0.25) is 0 Å². The molecule has 0 amide bonds. The molecule has 4 nitrogen and oxygen atoms in total. The Hall–Kier alpha value is -0.970. The lowest BCUT2D eigenvalue weighted by Crippen LogP contribution is -2.07. The van der Waals surface area contributed by atoms with E-state index in [1.54, 1.807) is 11.6 Å². The molecule has 0 aliphatic rings. The van der Waals surface area contributed by atoms with Crippen LogP contribution in [0.5, 0.6) is 0 Å². The predicted molar refractivity (Wildman–Crippen MR) is 38.3 cm³/mol. The van der Waals surface area contributed by atoms with Gasteiger partial charge in [-0.25, -0.2) is 0 Å². The second-order valence-corrected chi connectivity index (χ2v) is 2.32. The second kappa shape index (κ2) is 2.34. The van der Waals surface area contributed by atoms with Crippen molar-refractivity contribution in [3.63, 3.8) is 0 Å². The van der Waals surface area contributed by atoms with Gasteiger partial charge in [-0.2, -0.15) is 9.78 Å². The Morgan fingerprint density at radius 2 is 2.40 bits per heavy atom. The van der Waals surface area contributed by atoms with Crippen LogP contribution in [-0.2, 0) is 7.05 Å². The molecule has 0 atom stereocenters. The zero-order chi connectivity index (χ0) is 7.72. The van der Waals surface area contributed by atoms with Gasteiger partial charge in [0.25, 0.3) is 0 Å². The highest BCUT2D eigenvalue weighted by Gasteiger charge is 2.00. The monoisotopic (exact) mass is 157 g/mol. The van der Waals surface area contributed by atoms with Gasteiger partial charge in [0.2, 0.25) is 10.7 Å². The summed E-state index contributed by atoms with van der Waals surface area (Å²) in [5.41, 5.74) is 0. The average molecular weight is 157 g/mol. The molecule has 0 radical (unpaired) electrons. The Kier molecular flexibility index (Phi) is 1.67. The Morgan fingerprint density at radius 3 is 2.60 bits per heavy atom. The van der Waals surface area contributed by atoms with Gasteiger partial charge in [0.15, 0.2) is 0 Å². The first kappa shape index (κ1) is 7.14. The topological polar surface area (TPSA) is 39.8 Å². The number of carbonyl (C=O) groups excluding carboxylic acids is 1. The van der Waals surface area contributed by atoms with Gasteiger partial charge in [-0.05, 0) is 12.2 Å². The van der Waals surface area contributed by atoms with Gasteiger partial charge in [-0.15, -0.1) is 0 Å². The smallest absolute Gasteiger partial charge is 0.246 e. The Labute approximate surface area is 63.1 Å². The minimum atomic E-state index is -0.161. The first-order valence-electron chi connectivity index (χ1n) is 2.74. The van der Waals surface area contributed by atoms with Crippen molar-refractivity contribution in [2.24, 2.45) is 7.05 Å². The Morgan fingerprint density at radius 1 is 1.80 bits per heavy atom. The maximum atomic E-state index is 10.7. The minimum absolute atomic E-state index is 0.161. The molecular formula is C5H7N3OS. The van der Waals surface area contributed by atoms with E-state index in [1.807, 2.05) is 0 Å². The number of carbonyl (C=O) groups is 1. The van der Waals surface area contributed by atoms with E-state index in [0.29, 0.717) is 4.77 Å². The van der Waals surface area contributed by atoms with Crippen LogP contribution in [-0.4, -0.2) is 20.3 Å². The predicted octanol–water partition coefficient (Wildman–Crippen LogP) is 0.611. The molecule has 0 aliphatic carbocycles. The molecule has 0 saturated heterocycles. The second-order valence-electron chi connectivity index (χ2n) is 1.96. The van der Waals surface area contributed by atoms with Crippen molar-refractivity contribution >= 4 is 18.1 Å². The molecule has 5 heteroatoms. The van der Waals surface area contributed by atoms with E-state index >= 15 is 0 Å². The Balaban J connectivity index is 3.32. The van der Waals surface area contributed by atoms with E-state index in [1.165, 1.54) is 17.9 Å². The first-order valence-corrected chi connectivity index (χ1v) is 3.15. The summed E-state index contributed by atoms with van der Waals surface area (Å²) >= 11 is 4.85. The summed E-state index contributed by atoms with van der Waals surface area (Å²) in [5.74, 6) is -0.161. The molecule has 1 heterocycles. The SMILES string of the molecule is CC(=O)n1ncn(C)c1=S. The van der Waals surface area contributed by atoms with E-state index in [9.17, 15) is 4.79 Å². The van der Waals surface area contributed by atoms with Crippen LogP contribution in [0.3, 0.4) is 0 Å². The van der Waals surface area contributed by atoms with Crippen molar-refractivity contribution < 1.29 is 4.79 Å². The van der Waals surface area contributed by atoms with Crippen molar-refractivity contribution in [2.45, 2.75) is 6.92 Å². The van der Waals surface area contributed by atoms with Crippen molar-refractivity contribution in [2.75, 3.05) is 0 Å². The fraction of sp³-hybridized carbons (Fsp3) is 0.400. The molecule has 0 aliphatic heterocycles. The summed E-state index contributed by atoms with van der Waals surface area (Å²) in [4.78, 5) is 10.7. The third-order valence-electron chi connectivity index (χ3n) is 1.12. The highest BCUT2D eigenvalue weighted by atomic mass is 32.1. The van der Waals surface area contributed by atoms with Crippen LogP contribution >= 0.6 is 12.2 Å². The fourth-order valence-corrected chi connectivity index (χ4v) is 0.816. The van der Waals surface area contributed by atoms with Crippen LogP contribution in [0.1, 0.15) is 11.7 Å². The van der Waals surface area contributed by atoms with Gasteiger partial charge in [-0.3, -0.25) is 4.79 Å². The Bertz CT molecular complexity index is 311. The molecule has 0 fully saturated rings. The maximum absolute atomic E-state index is 10.7. The molecule has 1 rings (SSSR count). The van der Waals surface area contributed by atoms with Crippen LogP contribution < -0.4 is 0 Å². The third-order valence-corrected chi connectivity index (χ3v) is 1.58. The molecule has 0 N–H and O–H groups in total. The van der Waals surface area contributed by atoms with E-state index in [4.69, 9.17) is 12.2 Å². The minimum Gasteiger partial charge on any atom is -0.309 e. The lowest BCUT2D eigenvalue weighted by atomic mass is 10.7. The maximum Gasteiger partial charge on any atom is 0.246 e. The zero-order valence-electron chi connectivity index (χ0n) is 5.74. The molecule has 0 bridgehead atoms. The van der Waals surface area contributed by atoms with Gasteiger partial charge >= 0.3 is 0 Å². The van der Waals surface area contributed by atoms with E-state index in [2.05, 4.69) is 5.10 Å². The number of hydrogen-bond acceptors (Lipinski definition) is 3. The summed E-state index contributed by atoms with van der Waals surface area (Å²) in [7, 11) is 1.74. The number of hydrogen-bond donors (Lipinski definition) is 0. The molecule has 0 spiro atoms. The van der Waals surface area contributed by atoms with Crippen molar-refractivity contribution in [3.8, 4) is 0 Å². The molecule has 0 unspecified atom stereocenters. The van der Waals surface area contributed by atoms with Crippen molar-refractivity contribution in [3.05, 3.63) is 11.1 Å². The van der Waals surface area contributed by atoms with Gasteiger partial charge in [0.05, 0.1) is 0 Å². The lowest BCUT2D eigenvalue weighted by Gasteiger charge is -1.89. The highest BCUT2D eigenvalue weighted by molar-refractivity contribution is 7.71. The summed E-state index contributed by atoms with van der Waals surface area (Å²) < 4.78 is 3.21. The van der Waals surface area contributed by atoms with Gasteiger partial charge in [0.1, 0.15) is 6.33 Å². The number of aryl methyl sites for hydroxylation is 1. The molecule has 10 heavy (non-hydrogen) atoms. The number of nitrogens with zero attached hydrogens (tertiary/aromatic N) is 3. The molecule has 0 aromatic carbocycles. The summed E-state index contributed by atoms with van der Waals surface area (Å²) in [5, 5.41) is 3.74. The quantitative estimate of drug-likeness (QED) is 0.518. The van der Waals surface area contributed by atoms with Gasteiger partial charge in [0, 0.05) is 14.0 Å². The van der Waals surface area contributed by atoms with Crippen molar-refractivity contribution in [1.82, 2.24) is 14.3 Å². The zero-order valence-corrected chi connectivity index (χ0v) is 6.55. The van der Waals surface area contributed by atoms with Gasteiger partial charge in [-0.1, -0.05) is 0 Å². The average Bonchev–Trinajstić information content (AvgIpc) is 2.14. The molecule has 54 valence electrons. The first-order chi connectivity index (χ1) is 4.63. The van der Waals surface area contributed by atoms with Crippen LogP contribution in [0.25, 0.3) is 0 Å². The standard InChI is InChI=1S/C5H7N3OS/c1-4(9)8-5(10)7(2)3-6-8/h3H,1-2H3. The summed E-state index contributed by atoms with van der Waals surface area (Å²) in [6.07, 6.45) is 1.50. The van der Waals surface area contributed by atoms with Crippen LogP contribution in [0, 0.1) is 4.77 Å². The van der Waals surface area contributed by atoms with Crippen molar-refractivity contribution in [1.29, 1.82) is 0 Å². The molecule has 1 aromatic heterocycles. The normalized spacial score (nSPS) is 9.80. The number of aromatic nitrogens is 3. The van der Waals surface area contributed by atoms with E-state index in [-0.39, 0.29) is 5.91 Å². The van der Waals surface area contributed by atoms with E-state index < -0.39 is 0 Å². The van der Waals surface area contributed by atoms with Gasteiger partial charge < -0.3 is 4.57 Å². The largest absolute Gasteiger partial charge is 0.309 e. The van der Waals surface area contributed by atoms with Crippen LogP contribution in [0.15, 0.2) is 6.33 Å². The summed E-state index contributed by atoms with van der Waals surface area (Å²) in [6.45, 7) is 1.42. The van der Waals surface area contributed by atoms with E-state index in [0.717, 1.165) is 0 Å². The lowest BCUT2D eigenvalue weighted by molar-refractivity contribution is 0.0918. The molecular weight excluding hydrogens is 150 g/mol. The van der Waals surface area contributed by atoms with Crippen LogP contribution in [0.4, 0.5) is 0 Å². The number of rotatable bonds is 0. The molecule has 1 aromatic rings.